The summed E-state index contributed by atoms with van der Waals surface area (Å²) in [5.41, 5.74) is 2.70. The fraction of sp³-hybridized carbons (Fsp3) is 0.333. The average molecular weight is 324 g/mol. The monoisotopic (exact) mass is 323 g/mol. The summed E-state index contributed by atoms with van der Waals surface area (Å²) in [4.78, 5) is 1.41. The second kappa shape index (κ2) is 6.50. The van der Waals surface area contributed by atoms with Gasteiger partial charge in [-0.15, -0.1) is 11.3 Å². The van der Waals surface area contributed by atoms with E-state index in [0.717, 1.165) is 13.0 Å². The van der Waals surface area contributed by atoms with E-state index >= 15 is 0 Å². The molecule has 1 nitrogen and oxygen atoms in total. The molecule has 0 aliphatic heterocycles. The molecule has 0 saturated heterocycles. The highest BCUT2D eigenvalue weighted by Gasteiger charge is 2.12. The van der Waals surface area contributed by atoms with Gasteiger partial charge in [0.1, 0.15) is 0 Å². The first kappa shape index (κ1) is 13.8. The maximum atomic E-state index is 3.58. The van der Waals surface area contributed by atoms with Gasteiger partial charge in [-0.1, -0.05) is 36.8 Å². The lowest BCUT2D eigenvalue weighted by molar-refractivity contribution is 0.553. The zero-order valence-corrected chi connectivity index (χ0v) is 13.1. The molecule has 1 aromatic carbocycles. The molecule has 1 unspecified atom stereocenters. The van der Waals surface area contributed by atoms with Crippen molar-refractivity contribution >= 4 is 27.3 Å². The molecule has 0 saturated carbocycles. The van der Waals surface area contributed by atoms with Gasteiger partial charge in [0, 0.05) is 27.2 Å². The van der Waals surface area contributed by atoms with Gasteiger partial charge in [-0.05, 0) is 41.0 Å². The number of halogens is 1. The number of nitrogens with one attached hydrogen (secondary N) is 1. The number of benzene rings is 1. The second-order valence-electron chi connectivity index (χ2n) is 4.46. The third kappa shape index (κ3) is 3.67. The highest BCUT2D eigenvalue weighted by atomic mass is 79.9. The molecule has 1 atom stereocenters. The summed E-state index contributed by atoms with van der Waals surface area (Å²) in [7, 11) is 0. The van der Waals surface area contributed by atoms with Crippen molar-refractivity contribution in [2.45, 2.75) is 26.3 Å². The molecule has 1 N–H and O–H groups in total. The topological polar surface area (TPSA) is 12.0 Å². The molecule has 0 spiro atoms. The molecule has 0 amide bonds. The fourth-order valence-electron chi connectivity index (χ4n) is 2.10. The Morgan fingerprint density at radius 1 is 1.33 bits per heavy atom. The minimum Gasteiger partial charge on any atom is -0.310 e. The molecule has 3 heteroatoms. The first-order valence-electron chi connectivity index (χ1n) is 6.22. The lowest BCUT2D eigenvalue weighted by atomic mass is 10.0. The summed E-state index contributed by atoms with van der Waals surface area (Å²) in [6.07, 6.45) is 1.05. The molecular weight excluding hydrogens is 306 g/mol. The first-order chi connectivity index (χ1) is 8.69. The molecule has 2 rings (SSSR count). The van der Waals surface area contributed by atoms with E-state index in [1.165, 1.54) is 20.5 Å². The highest BCUT2D eigenvalue weighted by Crippen LogP contribution is 2.26. The van der Waals surface area contributed by atoms with Crippen molar-refractivity contribution in [3.63, 3.8) is 0 Å². The summed E-state index contributed by atoms with van der Waals surface area (Å²) in [6, 6.07) is 11.4. The zero-order valence-electron chi connectivity index (χ0n) is 10.7. The Bertz CT molecular complexity index is 507. The number of hydrogen-bond donors (Lipinski definition) is 1. The molecule has 0 fully saturated rings. The summed E-state index contributed by atoms with van der Waals surface area (Å²) in [5.74, 6) is 0. The van der Waals surface area contributed by atoms with Gasteiger partial charge < -0.3 is 5.32 Å². The fourth-order valence-corrected chi connectivity index (χ4v) is 3.60. The van der Waals surface area contributed by atoms with E-state index in [1.54, 1.807) is 0 Å². The number of thiophene rings is 1. The van der Waals surface area contributed by atoms with E-state index in [0.29, 0.717) is 6.04 Å². The Morgan fingerprint density at radius 3 is 2.78 bits per heavy atom. The molecular formula is C15H18BrNS. The minimum atomic E-state index is 0.403. The zero-order chi connectivity index (χ0) is 13.0. The number of hydrogen-bond acceptors (Lipinski definition) is 2. The molecule has 1 aromatic heterocycles. The van der Waals surface area contributed by atoms with E-state index in [2.05, 4.69) is 70.8 Å². The van der Waals surface area contributed by atoms with Crippen molar-refractivity contribution in [2.24, 2.45) is 0 Å². The largest absolute Gasteiger partial charge is 0.310 e. The maximum Gasteiger partial charge on any atom is 0.0368 e. The molecule has 0 aliphatic rings. The summed E-state index contributed by atoms with van der Waals surface area (Å²) >= 11 is 5.33. The van der Waals surface area contributed by atoms with E-state index in [4.69, 9.17) is 0 Å². The third-order valence-corrected chi connectivity index (χ3v) is 4.64. The molecule has 0 radical (unpaired) electrons. The Morgan fingerprint density at radius 2 is 2.17 bits per heavy atom. The Kier molecular flexibility index (Phi) is 4.98. The number of rotatable bonds is 5. The van der Waals surface area contributed by atoms with Crippen LogP contribution in [0.1, 0.15) is 29.0 Å². The first-order valence-corrected chi connectivity index (χ1v) is 7.89. The summed E-state index contributed by atoms with van der Waals surface area (Å²) in [6.45, 7) is 5.30. The van der Waals surface area contributed by atoms with Gasteiger partial charge in [0.25, 0.3) is 0 Å². The van der Waals surface area contributed by atoms with Gasteiger partial charge >= 0.3 is 0 Å². The quantitative estimate of drug-likeness (QED) is 0.840. The van der Waals surface area contributed by atoms with Gasteiger partial charge in [0.15, 0.2) is 0 Å². The van der Waals surface area contributed by atoms with Gasteiger partial charge in [-0.25, -0.2) is 0 Å². The van der Waals surface area contributed by atoms with Gasteiger partial charge in [-0.3, -0.25) is 0 Å². The smallest absolute Gasteiger partial charge is 0.0368 e. The van der Waals surface area contributed by atoms with Gasteiger partial charge in [0.2, 0.25) is 0 Å². The van der Waals surface area contributed by atoms with Crippen LogP contribution in [0.3, 0.4) is 0 Å². The Labute approximate surface area is 121 Å². The Hall–Kier alpha value is -0.640. The van der Waals surface area contributed by atoms with Crippen LogP contribution < -0.4 is 5.32 Å². The second-order valence-corrected chi connectivity index (χ2v) is 6.37. The van der Waals surface area contributed by atoms with E-state index in [9.17, 15) is 0 Å². The minimum absolute atomic E-state index is 0.403. The van der Waals surface area contributed by atoms with Crippen LogP contribution in [-0.2, 0) is 6.42 Å². The van der Waals surface area contributed by atoms with Crippen LogP contribution in [0.4, 0.5) is 0 Å². The van der Waals surface area contributed by atoms with Crippen LogP contribution in [0, 0.1) is 6.92 Å². The van der Waals surface area contributed by atoms with Crippen LogP contribution in [0.15, 0.2) is 40.2 Å². The van der Waals surface area contributed by atoms with Crippen molar-refractivity contribution in [1.82, 2.24) is 5.32 Å². The van der Waals surface area contributed by atoms with Crippen molar-refractivity contribution in [1.29, 1.82) is 0 Å². The van der Waals surface area contributed by atoms with Crippen molar-refractivity contribution < 1.29 is 0 Å². The molecule has 96 valence electrons. The predicted octanol–water partition coefficient (Wildman–Crippen LogP) is 4.71. The van der Waals surface area contributed by atoms with Crippen molar-refractivity contribution in [3.05, 3.63) is 56.2 Å². The van der Waals surface area contributed by atoms with Crippen LogP contribution in [0.5, 0.6) is 0 Å². The van der Waals surface area contributed by atoms with Crippen molar-refractivity contribution in [2.75, 3.05) is 6.54 Å². The van der Waals surface area contributed by atoms with Gasteiger partial charge in [-0.2, -0.15) is 0 Å². The van der Waals surface area contributed by atoms with E-state index in [-0.39, 0.29) is 0 Å². The maximum absolute atomic E-state index is 3.58. The lowest BCUT2D eigenvalue weighted by Crippen LogP contribution is -2.22. The number of likely N-dealkylation sites (N-methyl/N-ethyl adjacent to an activating group) is 1. The summed E-state index contributed by atoms with van der Waals surface area (Å²) < 4.78 is 1.18. The van der Waals surface area contributed by atoms with Crippen molar-refractivity contribution in [3.8, 4) is 0 Å². The standard InChI is InChI=1S/C15H18BrNS/c1-3-17-15(9-14-8-13(16)10-18-14)12-6-4-5-11(2)7-12/h4-8,10,15,17H,3,9H2,1-2H3. The molecule has 18 heavy (non-hydrogen) atoms. The SMILES string of the molecule is CCNC(Cc1cc(Br)cs1)c1cccc(C)c1. The normalized spacial score (nSPS) is 12.6. The predicted molar refractivity (Wildman–Crippen MR) is 83.3 cm³/mol. The molecule has 2 aromatic rings. The third-order valence-electron chi connectivity index (χ3n) is 2.92. The van der Waals surface area contributed by atoms with E-state index in [1.807, 2.05) is 11.3 Å². The molecule has 1 heterocycles. The van der Waals surface area contributed by atoms with Gasteiger partial charge in [0.05, 0.1) is 0 Å². The highest BCUT2D eigenvalue weighted by molar-refractivity contribution is 9.10. The van der Waals surface area contributed by atoms with Crippen LogP contribution in [0.2, 0.25) is 0 Å². The Balaban J connectivity index is 2.17. The summed E-state index contributed by atoms with van der Waals surface area (Å²) in [5, 5.41) is 5.72. The van der Waals surface area contributed by atoms with Crippen LogP contribution in [-0.4, -0.2) is 6.54 Å². The van der Waals surface area contributed by atoms with Crippen LogP contribution in [0.25, 0.3) is 0 Å². The van der Waals surface area contributed by atoms with Crippen LogP contribution >= 0.6 is 27.3 Å². The number of aryl methyl sites for hydroxylation is 1. The van der Waals surface area contributed by atoms with E-state index < -0.39 is 0 Å². The average Bonchev–Trinajstić information content (AvgIpc) is 2.74. The lowest BCUT2D eigenvalue weighted by Gasteiger charge is -2.18. The molecule has 0 bridgehead atoms. The molecule has 0 aliphatic carbocycles.